The molecular formula is C14H24IN3O2. The van der Waals surface area contributed by atoms with Crippen molar-refractivity contribution in [3.8, 4) is 0 Å². The molecule has 114 valence electrons. The number of halogens is 1. The SMILES string of the molecule is CCNC(=NCCO)NCCOCc1ccccc1.I. The number of aliphatic imine (C=N–C) groups is 1. The maximum absolute atomic E-state index is 8.73. The van der Waals surface area contributed by atoms with Gasteiger partial charge in [-0.15, -0.1) is 24.0 Å². The molecule has 20 heavy (non-hydrogen) atoms. The van der Waals surface area contributed by atoms with Crippen LogP contribution in [0, 0.1) is 0 Å². The monoisotopic (exact) mass is 393 g/mol. The molecule has 1 aromatic rings. The number of benzene rings is 1. The van der Waals surface area contributed by atoms with Gasteiger partial charge in [0.25, 0.3) is 0 Å². The summed E-state index contributed by atoms with van der Waals surface area (Å²) in [5.74, 6) is 0.708. The fraction of sp³-hybridized carbons (Fsp3) is 0.500. The van der Waals surface area contributed by atoms with Gasteiger partial charge < -0.3 is 20.5 Å². The van der Waals surface area contributed by atoms with Gasteiger partial charge in [0, 0.05) is 13.1 Å². The summed E-state index contributed by atoms with van der Waals surface area (Å²) < 4.78 is 5.56. The minimum absolute atomic E-state index is 0. The van der Waals surface area contributed by atoms with Crippen molar-refractivity contribution in [1.82, 2.24) is 10.6 Å². The lowest BCUT2D eigenvalue weighted by molar-refractivity contribution is 0.125. The van der Waals surface area contributed by atoms with Gasteiger partial charge in [0.15, 0.2) is 5.96 Å². The second-order valence-electron chi connectivity index (χ2n) is 3.95. The molecule has 5 nitrogen and oxygen atoms in total. The fourth-order valence-corrected chi connectivity index (χ4v) is 1.51. The highest BCUT2D eigenvalue weighted by Crippen LogP contribution is 1.99. The molecule has 0 bridgehead atoms. The molecule has 0 saturated carbocycles. The van der Waals surface area contributed by atoms with Gasteiger partial charge in [-0.05, 0) is 12.5 Å². The summed E-state index contributed by atoms with van der Waals surface area (Å²) in [6.45, 7) is 5.17. The summed E-state index contributed by atoms with van der Waals surface area (Å²) in [6.07, 6.45) is 0. The second-order valence-corrected chi connectivity index (χ2v) is 3.95. The predicted molar refractivity (Wildman–Crippen MR) is 92.6 cm³/mol. The Morgan fingerprint density at radius 2 is 2.00 bits per heavy atom. The number of hydrogen-bond donors (Lipinski definition) is 3. The highest BCUT2D eigenvalue weighted by Gasteiger charge is 1.96. The van der Waals surface area contributed by atoms with Crippen LogP contribution in [0.15, 0.2) is 35.3 Å². The van der Waals surface area contributed by atoms with E-state index in [1.54, 1.807) is 0 Å². The Kier molecular flexibility index (Phi) is 12.6. The van der Waals surface area contributed by atoms with Crippen molar-refractivity contribution < 1.29 is 9.84 Å². The van der Waals surface area contributed by atoms with Crippen LogP contribution < -0.4 is 10.6 Å². The third-order valence-electron chi connectivity index (χ3n) is 2.36. The number of ether oxygens (including phenoxy) is 1. The molecule has 6 heteroatoms. The van der Waals surface area contributed by atoms with E-state index < -0.39 is 0 Å². The number of aliphatic hydroxyl groups is 1. The smallest absolute Gasteiger partial charge is 0.191 e. The van der Waals surface area contributed by atoms with Gasteiger partial charge >= 0.3 is 0 Å². The highest BCUT2D eigenvalue weighted by atomic mass is 127. The maximum atomic E-state index is 8.73. The Balaban J connectivity index is 0.00000361. The molecule has 1 rings (SSSR count). The first-order valence-corrected chi connectivity index (χ1v) is 6.61. The number of hydrogen-bond acceptors (Lipinski definition) is 3. The van der Waals surface area contributed by atoms with Gasteiger partial charge in [0.2, 0.25) is 0 Å². The molecule has 0 amide bonds. The van der Waals surface area contributed by atoms with Crippen LogP contribution >= 0.6 is 24.0 Å². The van der Waals surface area contributed by atoms with Crippen molar-refractivity contribution in [1.29, 1.82) is 0 Å². The summed E-state index contributed by atoms with van der Waals surface area (Å²) >= 11 is 0. The molecule has 3 N–H and O–H groups in total. The molecule has 0 aliphatic rings. The van der Waals surface area contributed by atoms with E-state index in [4.69, 9.17) is 9.84 Å². The topological polar surface area (TPSA) is 65.9 Å². The van der Waals surface area contributed by atoms with Crippen LogP contribution in [0.4, 0.5) is 0 Å². The quantitative estimate of drug-likeness (QED) is 0.270. The van der Waals surface area contributed by atoms with Crippen molar-refractivity contribution in [2.24, 2.45) is 4.99 Å². The lowest BCUT2D eigenvalue weighted by Gasteiger charge is -2.11. The zero-order chi connectivity index (χ0) is 13.8. The zero-order valence-electron chi connectivity index (χ0n) is 11.8. The Morgan fingerprint density at radius 1 is 1.25 bits per heavy atom. The largest absolute Gasteiger partial charge is 0.394 e. The third kappa shape index (κ3) is 9.11. The highest BCUT2D eigenvalue weighted by molar-refractivity contribution is 14.0. The van der Waals surface area contributed by atoms with Gasteiger partial charge in [0.05, 0.1) is 26.4 Å². The van der Waals surface area contributed by atoms with Crippen molar-refractivity contribution in [3.63, 3.8) is 0 Å². The van der Waals surface area contributed by atoms with Crippen molar-refractivity contribution in [2.75, 3.05) is 32.8 Å². The van der Waals surface area contributed by atoms with E-state index in [9.17, 15) is 0 Å². The molecule has 0 radical (unpaired) electrons. The van der Waals surface area contributed by atoms with Gasteiger partial charge in [-0.3, -0.25) is 4.99 Å². The van der Waals surface area contributed by atoms with Gasteiger partial charge in [0.1, 0.15) is 0 Å². The number of nitrogens with zero attached hydrogens (tertiary/aromatic N) is 1. The number of guanidine groups is 1. The van der Waals surface area contributed by atoms with Crippen molar-refractivity contribution in [2.45, 2.75) is 13.5 Å². The molecule has 0 atom stereocenters. The van der Waals surface area contributed by atoms with E-state index in [2.05, 4.69) is 15.6 Å². The maximum Gasteiger partial charge on any atom is 0.191 e. The minimum atomic E-state index is 0. The Labute approximate surface area is 137 Å². The average Bonchev–Trinajstić information content (AvgIpc) is 2.45. The average molecular weight is 393 g/mol. The lowest BCUT2D eigenvalue weighted by Crippen LogP contribution is -2.39. The summed E-state index contributed by atoms with van der Waals surface area (Å²) in [5, 5.41) is 15.0. The molecule has 0 aromatic heterocycles. The van der Waals surface area contributed by atoms with E-state index in [0.717, 1.165) is 6.54 Å². The standard InChI is InChI=1S/C14H23N3O2.HI/c1-2-15-14(16-8-10-18)17-9-11-19-12-13-6-4-3-5-7-13;/h3-7,18H,2,8-12H2,1H3,(H2,15,16,17);1H. The van der Waals surface area contributed by atoms with E-state index >= 15 is 0 Å². The number of nitrogens with one attached hydrogen (secondary N) is 2. The van der Waals surface area contributed by atoms with Crippen LogP contribution in [0.3, 0.4) is 0 Å². The zero-order valence-corrected chi connectivity index (χ0v) is 14.2. The lowest BCUT2D eigenvalue weighted by atomic mass is 10.2. The first-order valence-electron chi connectivity index (χ1n) is 6.61. The van der Waals surface area contributed by atoms with Gasteiger partial charge in [-0.1, -0.05) is 30.3 Å². The van der Waals surface area contributed by atoms with E-state index in [1.807, 2.05) is 37.3 Å². The number of rotatable bonds is 8. The molecular weight excluding hydrogens is 369 g/mol. The van der Waals surface area contributed by atoms with Crippen molar-refractivity contribution >= 4 is 29.9 Å². The van der Waals surface area contributed by atoms with Crippen LogP contribution in [0.5, 0.6) is 0 Å². The van der Waals surface area contributed by atoms with E-state index in [1.165, 1.54) is 5.56 Å². The first-order chi connectivity index (χ1) is 9.36. The van der Waals surface area contributed by atoms with E-state index in [-0.39, 0.29) is 30.6 Å². The molecule has 0 saturated heterocycles. The Hall–Kier alpha value is -0.860. The van der Waals surface area contributed by atoms with Gasteiger partial charge in [-0.2, -0.15) is 0 Å². The summed E-state index contributed by atoms with van der Waals surface area (Å²) in [7, 11) is 0. The molecule has 0 aliphatic carbocycles. The van der Waals surface area contributed by atoms with Crippen LogP contribution in [0.25, 0.3) is 0 Å². The first kappa shape index (κ1) is 19.1. The summed E-state index contributed by atoms with van der Waals surface area (Å²) in [6, 6.07) is 10.1. The molecule has 0 unspecified atom stereocenters. The Morgan fingerprint density at radius 3 is 2.65 bits per heavy atom. The molecule has 1 aromatic carbocycles. The van der Waals surface area contributed by atoms with Crippen LogP contribution in [0.1, 0.15) is 12.5 Å². The van der Waals surface area contributed by atoms with Crippen molar-refractivity contribution in [3.05, 3.63) is 35.9 Å². The molecule has 0 heterocycles. The minimum Gasteiger partial charge on any atom is -0.394 e. The summed E-state index contributed by atoms with van der Waals surface area (Å²) in [4.78, 5) is 4.18. The fourth-order valence-electron chi connectivity index (χ4n) is 1.51. The Bertz CT molecular complexity index is 361. The number of aliphatic hydroxyl groups excluding tert-OH is 1. The van der Waals surface area contributed by atoms with Crippen LogP contribution in [-0.2, 0) is 11.3 Å². The molecule has 0 aliphatic heterocycles. The third-order valence-corrected chi connectivity index (χ3v) is 2.36. The predicted octanol–water partition coefficient (Wildman–Crippen LogP) is 1.37. The van der Waals surface area contributed by atoms with Crippen LogP contribution in [-0.4, -0.2) is 43.9 Å². The normalized spacial score (nSPS) is 10.8. The molecule has 0 spiro atoms. The van der Waals surface area contributed by atoms with Gasteiger partial charge in [-0.25, -0.2) is 0 Å². The van der Waals surface area contributed by atoms with Crippen LogP contribution in [0.2, 0.25) is 0 Å². The molecule has 0 fully saturated rings. The summed E-state index contributed by atoms with van der Waals surface area (Å²) in [5.41, 5.74) is 1.17. The second kappa shape index (κ2) is 13.1. The van der Waals surface area contributed by atoms with E-state index in [0.29, 0.717) is 32.3 Å².